The average Bonchev–Trinajstić information content (AvgIpc) is 2.31. The summed E-state index contributed by atoms with van der Waals surface area (Å²) in [5, 5.41) is 11.4. The molecule has 1 aromatic carbocycles. The van der Waals surface area contributed by atoms with Gasteiger partial charge < -0.3 is 10.4 Å². The summed E-state index contributed by atoms with van der Waals surface area (Å²) in [7, 11) is 0. The number of carboxylic acid groups (broad SMARTS) is 1. The molecule has 0 fully saturated rings. The second-order valence-electron chi connectivity index (χ2n) is 4.14. The molecule has 104 valence electrons. The minimum absolute atomic E-state index is 0.0438. The summed E-state index contributed by atoms with van der Waals surface area (Å²) in [6.07, 6.45) is 0.642. The third-order valence-electron chi connectivity index (χ3n) is 2.54. The standard InChI is InChI=1S/C13H15ClFNO3/c1-2-3-12(17)16-11(7-13(18)19)8-4-5-9(14)10(15)6-8/h4-6,11H,2-3,7H2,1H3,(H,16,17)(H,18,19). The highest BCUT2D eigenvalue weighted by Gasteiger charge is 2.18. The Morgan fingerprint density at radius 3 is 2.68 bits per heavy atom. The Hall–Kier alpha value is -1.62. The lowest BCUT2D eigenvalue weighted by atomic mass is 10.0. The quantitative estimate of drug-likeness (QED) is 0.845. The summed E-state index contributed by atoms with van der Waals surface area (Å²) < 4.78 is 13.4. The molecule has 0 saturated heterocycles. The average molecular weight is 288 g/mol. The first kappa shape index (κ1) is 15.4. The number of halogens is 2. The van der Waals surface area contributed by atoms with Crippen LogP contribution in [0.25, 0.3) is 0 Å². The first-order chi connectivity index (χ1) is 8.93. The summed E-state index contributed by atoms with van der Waals surface area (Å²) in [6.45, 7) is 1.84. The molecule has 0 bridgehead atoms. The molecule has 1 aromatic rings. The van der Waals surface area contributed by atoms with E-state index in [1.54, 1.807) is 0 Å². The van der Waals surface area contributed by atoms with Gasteiger partial charge in [-0.2, -0.15) is 0 Å². The molecule has 0 saturated carbocycles. The second kappa shape index (κ2) is 7.09. The van der Waals surface area contributed by atoms with E-state index in [2.05, 4.69) is 5.32 Å². The van der Waals surface area contributed by atoms with Crippen molar-refractivity contribution < 1.29 is 19.1 Å². The van der Waals surface area contributed by atoms with Crippen molar-refractivity contribution in [3.05, 3.63) is 34.6 Å². The minimum Gasteiger partial charge on any atom is -0.481 e. The smallest absolute Gasteiger partial charge is 0.305 e. The maximum Gasteiger partial charge on any atom is 0.305 e. The second-order valence-corrected chi connectivity index (χ2v) is 4.55. The molecule has 0 aliphatic carbocycles. The van der Waals surface area contributed by atoms with E-state index in [4.69, 9.17) is 16.7 Å². The first-order valence-corrected chi connectivity index (χ1v) is 6.28. The van der Waals surface area contributed by atoms with Crippen LogP contribution < -0.4 is 5.32 Å². The fraction of sp³-hybridized carbons (Fsp3) is 0.385. The van der Waals surface area contributed by atoms with Crippen LogP contribution in [0.15, 0.2) is 18.2 Å². The summed E-state index contributed by atoms with van der Waals surface area (Å²) in [4.78, 5) is 22.3. The van der Waals surface area contributed by atoms with Gasteiger partial charge in [0.1, 0.15) is 5.82 Å². The van der Waals surface area contributed by atoms with Crippen molar-refractivity contribution in [3.63, 3.8) is 0 Å². The summed E-state index contributed by atoms with van der Waals surface area (Å²) in [5.41, 5.74) is 0.383. The zero-order chi connectivity index (χ0) is 14.4. The number of carbonyl (C=O) groups is 2. The Morgan fingerprint density at radius 1 is 1.47 bits per heavy atom. The lowest BCUT2D eigenvalue weighted by molar-refractivity contribution is -0.137. The third-order valence-corrected chi connectivity index (χ3v) is 2.84. The SMILES string of the molecule is CCCC(=O)NC(CC(=O)O)c1ccc(Cl)c(F)c1. The fourth-order valence-corrected chi connectivity index (χ4v) is 1.77. The van der Waals surface area contributed by atoms with Gasteiger partial charge in [-0.15, -0.1) is 0 Å². The molecule has 6 heteroatoms. The summed E-state index contributed by atoms with van der Waals surface area (Å²) in [5.74, 6) is -1.97. The Morgan fingerprint density at radius 2 is 2.16 bits per heavy atom. The summed E-state index contributed by atoms with van der Waals surface area (Å²) >= 11 is 5.57. The van der Waals surface area contributed by atoms with Gasteiger partial charge in [0.05, 0.1) is 17.5 Å². The highest BCUT2D eigenvalue weighted by molar-refractivity contribution is 6.30. The van der Waals surface area contributed by atoms with Crippen LogP contribution in [0.3, 0.4) is 0 Å². The first-order valence-electron chi connectivity index (χ1n) is 5.90. The van der Waals surface area contributed by atoms with Crippen LogP contribution in [0.4, 0.5) is 4.39 Å². The predicted octanol–water partition coefficient (Wildman–Crippen LogP) is 2.91. The van der Waals surface area contributed by atoms with Gasteiger partial charge in [-0.1, -0.05) is 24.6 Å². The van der Waals surface area contributed by atoms with Gasteiger partial charge in [-0.25, -0.2) is 4.39 Å². The van der Waals surface area contributed by atoms with Gasteiger partial charge in [-0.05, 0) is 24.1 Å². The molecule has 0 radical (unpaired) electrons. The van der Waals surface area contributed by atoms with Crippen molar-refractivity contribution in [2.24, 2.45) is 0 Å². The number of carboxylic acids is 1. The lowest BCUT2D eigenvalue weighted by Crippen LogP contribution is -2.29. The zero-order valence-corrected chi connectivity index (χ0v) is 11.2. The number of hydrogen-bond donors (Lipinski definition) is 2. The van der Waals surface area contributed by atoms with Crippen molar-refractivity contribution in [1.82, 2.24) is 5.32 Å². The highest BCUT2D eigenvalue weighted by Crippen LogP contribution is 2.22. The number of benzene rings is 1. The Bertz CT molecular complexity index is 479. The molecular weight excluding hydrogens is 273 g/mol. The van der Waals surface area contributed by atoms with Crippen LogP contribution in [0.2, 0.25) is 5.02 Å². The minimum atomic E-state index is -1.07. The molecule has 1 atom stereocenters. The zero-order valence-electron chi connectivity index (χ0n) is 10.5. The van der Waals surface area contributed by atoms with Gasteiger partial charge in [0, 0.05) is 6.42 Å². The molecule has 0 aliphatic rings. The molecule has 1 rings (SSSR count). The van der Waals surface area contributed by atoms with Crippen LogP contribution in [0.1, 0.15) is 37.8 Å². The molecule has 0 heterocycles. The molecule has 0 aromatic heterocycles. The normalized spacial score (nSPS) is 11.9. The predicted molar refractivity (Wildman–Crippen MR) is 69.5 cm³/mol. The van der Waals surface area contributed by atoms with Crippen LogP contribution in [-0.4, -0.2) is 17.0 Å². The maximum atomic E-state index is 13.4. The molecule has 19 heavy (non-hydrogen) atoms. The van der Waals surface area contributed by atoms with E-state index in [0.29, 0.717) is 18.4 Å². The Balaban J connectivity index is 2.91. The Labute approximate surface area is 115 Å². The molecular formula is C13H15ClFNO3. The number of carbonyl (C=O) groups excluding carboxylic acids is 1. The number of nitrogens with one attached hydrogen (secondary N) is 1. The molecule has 0 spiro atoms. The van der Waals surface area contributed by atoms with Crippen molar-refractivity contribution in [1.29, 1.82) is 0 Å². The van der Waals surface area contributed by atoms with E-state index in [0.717, 1.165) is 6.07 Å². The molecule has 0 aliphatic heterocycles. The molecule has 1 amide bonds. The van der Waals surface area contributed by atoms with E-state index in [1.165, 1.54) is 12.1 Å². The summed E-state index contributed by atoms with van der Waals surface area (Å²) in [6, 6.07) is 3.23. The van der Waals surface area contributed by atoms with E-state index in [9.17, 15) is 14.0 Å². The van der Waals surface area contributed by atoms with Crippen LogP contribution in [0.5, 0.6) is 0 Å². The number of aliphatic carboxylic acids is 1. The van der Waals surface area contributed by atoms with Gasteiger partial charge in [0.25, 0.3) is 0 Å². The Kier molecular flexibility index (Phi) is 5.76. The van der Waals surface area contributed by atoms with E-state index < -0.39 is 17.8 Å². The van der Waals surface area contributed by atoms with Gasteiger partial charge in [-0.3, -0.25) is 9.59 Å². The van der Waals surface area contributed by atoms with Gasteiger partial charge in [0.2, 0.25) is 5.91 Å². The van der Waals surface area contributed by atoms with E-state index in [1.807, 2.05) is 6.92 Å². The van der Waals surface area contributed by atoms with Crippen molar-refractivity contribution in [2.45, 2.75) is 32.2 Å². The van der Waals surface area contributed by atoms with Crippen LogP contribution >= 0.6 is 11.6 Å². The van der Waals surface area contributed by atoms with Gasteiger partial charge >= 0.3 is 5.97 Å². The van der Waals surface area contributed by atoms with E-state index >= 15 is 0 Å². The molecule has 2 N–H and O–H groups in total. The lowest BCUT2D eigenvalue weighted by Gasteiger charge is -2.17. The van der Waals surface area contributed by atoms with Crippen molar-refractivity contribution in [3.8, 4) is 0 Å². The largest absolute Gasteiger partial charge is 0.481 e. The topological polar surface area (TPSA) is 66.4 Å². The van der Waals surface area contributed by atoms with Crippen LogP contribution in [-0.2, 0) is 9.59 Å². The third kappa shape index (κ3) is 4.87. The molecule has 1 unspecified atom stereocenters. The van der Waals surface area contributed by atoms with Crippen LogP contribution in [0, 0.1) is 5.82 Å². The van der Waals surface area contributed by atoms with E-state index in [-0.39, 0.29) is 17.4 Å². The van der Waals surface area contributed by atoms with Crippen molar-refractivity contribution in [2.75, 3.05) is 0 Å². The van der Waals surface area contributed by atoms with Gasteiger partial charge in [0.15, 0.2) is 0 Å². The number of hydrogen-bond acceptors (Lipinski definition) is 2. The molecule has 4 nitrogen and oxygen atoms in total. The monoisotopic (exact) mass is 287 g/mol. The van der Waals surface area contributed by atoms with Crippen molar-refractivity contribution >= 4 is 23.5 Å². The fourth-order valence-electron chi connectivity index (χ4n) is 1.65. The number of amides is 1. The number of rotatable bonds is 6. The maximum absolute atomic E-state index is 13.4. The highest BCUT2D eigenvalue weighted by atomic mass is 35.5.